The highest BCUT2D eigenvalue weighted by molar-refractivity contribution is 14.0. The monoisotopic (exact) mass is 463 g/mol. The predicted octanol–water partition coefficient (Wildman–Crippen LogP) is 3.39. The summed E-state index contributed by atoms with van der Waals surface area (Å²) in [4.78, 5) is 4.25. The standard InChI is InChI=1S/C19H33N3O2.HI/c1-15(2)14-24-12-6-10-21-19(20-4)22-11-9-17-13-16(3)7-8-18(17)23-5;/h7-8,13,15H,6,9-12,14H2,1-5H3,(H2,20,21,22);1H. The summed E-state index contributed by atoms with van der Waals surface area (Å²) in [6.07, 6.45) is 1.86. The molecule has 0 aliphatic rings. The van der Waals surface area contributed by atoms with E-state index in [-0.39, 0.29) is 24.0 Å². The molecule has 1 aromatic carbocycles. The van der Waals surface area contributed by atoms with E-state index in [0.29, 0.717) is 5.92 Å². The molecule has 144 valence electrons. The van der Waals surface area contributed by atoms with Crippen LogP contribution in [0.2, 0.25) is 0 Å². The topological polar surface area (TPSA) is 54.9 Å². The van der Waals surface area contributed by atoms with Gasteiger partial charge in [-0.2, -0.15) is 0 Å². The van der Waals surface area contributed by atoms with Gasteiger partial charge in [-0.15, -0.1) is 24.0 Å². The van der Waals surface area contributed by atoms with Crippen LogP contribution in [0.4, 0.5) is 0 Å². The van der Waals surface area contributed by atoms with Crippen molar-refractivity contribution in [1.82, 2.24) is 10.6 Å². The molecule has 0 saturated heterocycles. The Labute approximate surface area is 170 Å². The number of hydrogen-bond acceptors (Lipinski definition) is 3. The van der Waals surface area contributed by atoms with Crippen LogP contribution in [0.1, 0.15) is 31.4 Å². The molecule has 0 fully saturated rings. The lowest BCUT2D eigenvalue weighted by molar-refractivity contribution is 0.108. The quantitative estimate of drug-likeness (QED) is 0.242. The molecule has 0 unspecified atom stereocenters. The molecule has 0 spiro atoms. The van der Waals surface area contributed by atoms with E-state index in [9.17, 15) is 0 Å². The molecule has 0 atom stereocenters. The molecule has 5 nitrogen and oxygen atoms in total. The summed E-state index contributed by atoms with van der Waals surface area (Å²) < 4.78 is 11.0. The Morgan fingerprint density at radius 2 is 1.92 bits per heavy atom. The van der Waals surface area contributed by atoms with Gasteiger partial charge in [-0.1, -0.05) is 31.5 Å². The summed E-state index contributed by atoms with van der Waals surface area (Å²) in [6, 6.07) is 6.26. The fraction of sp³-hybridized carbons (Fsp3) is 0.632. The highest BCUT2D eigenvalue weighted by Gasteiger charge is 2.04. The van der Waals surface area contributed by atoms with Crippen molar-refractivity contribution in [1.29, 1.82) is 0 Å². The predicted molar refractivity (Wildman–Crippen MR) is 116 cm³/mol. The van der Waals surface area contributed by atoms with Gasteiger partial charge in [0.05, 0.1) is 7.11 Å². The first-order chi connectivity index (χ1) is 11.6. The van der Waals surface area contributed by atoms with Gasteiger partial charge in [0.25, 0.3) is 0 Å². The average molecular weight is 463 g/mol. The van der Waals surface area contributed by atoms with Crippen molar-refractivity contribution in [3.05, 3.63) is 29.3 Å². The van der Waals surface area contributed by atoms with Crippen molar-refractivity contribution in [3.8, 4) is 5.75 Å². The molecule has 0 bridgehead atoms. The smallest absolute Gasteiger partial charge is 0.190 e. The Balaban J connectivity index is 0.00000576. The molecule has 0 amide bonds. The van der Waals surface area contributed by atoms with Crippen LogP contribution in [0.15, 0.2) is 23.2 Å². The van der Waals surface area contributed by atoms with Crippen molar-refractivity contribution in [2.75, 3.05) is 40.5 Å². The number of halogens is 1. The van der Waals surface area contributed by atoms with Crippen molar-refractivity contribution in [2.45, 2.75) is 33.6 Å². The number of rotatable bonds is 10. The van der Waals surface area contributed by atoms with Crippen LogP contribution in [0.3, 0.4) is 0 Å². The van der Waals surface area contributed by atoms with Crippen molar-refractivity contribution in [2.24, 2.45) is 10.9 Å². The fourth-order valence-corrected chi connectivity index (χ4v) is 2.34. The van der Waals surface area contributed by atoms with E-state index in [4.69, 9.17) is 9.47 Å². The van der Waals surface area contributed by atoms with E-state index >= 15 is 0 Å². The van der Waals surface area contributed by atoms with Crippen molar-refractivity contribution in [3.63, 3.8) is 0 Å². The summed E-state index contributed by atoms with van der Waals surface area (Å²) in [5.41, 5.74) is 2.46. The molecule has 2 N–H and O–H groups in total. The van der Waals surface area contributed by atoms with Gasteiger partial charge in [-0.25, -0.2) is 0 Å². The second kappa shape index (κ2) is 14.2. The lowest BCUT2D eigenvalue weighted by Crippen LogP contribution is -2.39. The first-order valence-electron chi connectivity index (χ1n) is 8.72. The van der Waals surface area contributed by atoms with Gasteiger partial charge in [0, 0.05) is 33.4 Å². The van der Waals surface area contributed by atoms with E-state index in [1.807, 2.05) is 6.07 Å². The molecular formula is C19H34IN3O2. The van der Waals surface area contributed by atoms with Crippen LogP contribution in [0.25, 0.3) is 0 Å². The summed E-state index contributed by atoms with van der Waals surface area (Å²) in [5, 5.41) is 6.65. The van der Waals surface area contributed by atoms with Crippen LogP contribution in [0.5, 0.6) is 5.75 Å². The number of nitrogens with one attached hydrogen (secondary N) is 2. The first-order valence-corrected chi connectivity index (χ1v) is 8.72. The molecule has 0 saturated carbocycles. The van der Waals surface area contributed by atoms with Crippen LogP contribution < -0.4 is 15.4 Å². The lowest BCUT2D eigenvalue weighted by Gasteiger charge is -2.14. The third-order valence-electron chi connectivity index (χ3n) is 3.56. The lowest BCUT2D eigenvalue weighted by atomic mass is 10.1. The highest BCUT2D eigenvalue weighted by atomic mass is 127. The Morgan fingerprint density at radius 1 is 1.20 bits per heavy atom. The Bertz CT molecular complexity index is 507. The maximum Gasteiger partial charge on any atom is 0.190 e. The zero-order chi connectivity index (χ0) is 17.8. The molecule has 0 aliphatic carbocycles. The highest BCUT2D eigenvalue weighted by Crippen LogP contribution is 2.19. The third kappa shape index (κ3) is 10.5. The maximum absolute atomic E-state index is 5.57. The minimum Gasteiger partial charge on any atom is -0.496 e. The fourth-order valence-electron chi connectivity index (χ4n) is 2.34. The minimum atomic E-state index is 0. The van der Waals surface area contributed by atoms with Crippen LogP contribution in [-0.4, -0.2) is 46.4 Å². The Morgan fingerprint density at radius 3 is 2.56 bits per heavy atom. The largest absolute Gasteiger partial charge is 0.496 e. The molecule has 1 rings (SSSR count). The number of benzene rings is 1. The molecule has 0 radical (unpaired) electrons. The molecule has 0 aromatic heterocycles. The third-order valence-corrected chi connectivity index (χ3v) is 3.56. The van der Waals surface area contributed by atoms with E-state index in [1.54, 1.807) is 14.2 Å². The van der Waals surface area contributed by atoms with Crippen LogP contribution >= 0.6 is 24.0 Å². The summed E-state index contributed by atoms with van der Waals surface area (Å²) in [7, 11) is 3.50. The Kier molecular flexibility index (Phi) is 13.6. The molecule has 0 aliphatic heterocycles. The number of guanidine groups is 1. The van der Waals surface area contributed by atoms with Crippen LogP contribution in [0, 0.1) is 12.8 Å². The SMILES string of the molecule is CN=C(NCCCOCC(C)C)NCCc1cc(C)ccc1OC.I. The number of hydrogen-bond donors (Lipinski definition) is 2. The van der Waals surface area contributed by atoms with Gasteiger partial charge < -0.3 is 20.1 Å². The van der Waals surface area contributed by atoms with Gasteiger partial charge >= 0.3 is 0 Å². The van der Waals surface area contributed by atoms with Gasteiger partial charge in [0.15, 0.2) is 5.96 Å². The molecule has 1 aromatic rings. The van der Waals surface area contributed by atoms with E-state index < -0.39 is 0 Å². The van der Waals surface area contributed by atoms with E-state index in [0.717, 1.165) is 50.9 Å². The molecular weight excluding hydrogens is 429 g/mol. The number of nitrogens with zero attached hydrogens (tertiary/aromatic N) is 1. The normalized spacial score (nSPS) is 11.2. The zero-order valence-corrected chi connectivity index (χ0v) is 18.6. The van der Waals surface area contributed by atoms with Gasteiger partial charge in [0.2, 0.25) is 0 Å². The number of aliphatic imine (C=N–C) groups is 1. The summed E-state index contributed by atoms with van der Waals surface area (Å²) in [5.74, 6) is 2.35. The molecule has 6 heteroatoms. The second-order valence-corrected chi connectivity index (χ2v) is 6.31. The zero-order valence-electron chi connectivity index (χ0n) is 16.2. The van der Waals surface area contributed by atoms with Gasteiger partial charge in [-0.05, 0) is 37.3 Å². The summed E-state index contributed by atoms with van der Waals surface area (Å²) in [6.45, 7) is 9.68. The summed E-state index contributed by atoms with van der Waals surface area (Å²) >= 11 is 0. The van der Waals surface area contributed by atoms with Crippen molar-refractivity contribution >= 4 is 29.9 Å². The molecule has 25 heavy (non-hydrogen) atoms. The van der Waals surface area contributed by atoms with Crippen LogP contribution in [-0.2, 0) is 11.2 Å². The second-order valence-electron chi connectivity index (χ2n) is 6.31. The molecule has 0 heterocycles. The number of methoxy groups -OCH3 is 1. The Hall–Kier alpha value is -1.02. The number of ether oxygens (including phenoxy) is 2. The van der Waals surface area contributed by atoms with E-state index in [1.165, 1.54) is 11.1 Å². The van der Waals surface area contributed by atoms with Gasteiger partial charge in [0.1, 0.15) is 5.75 Å². The first kappa shape index (κ1) is 24.0. The average Bonchev–Trinajstić information content (AvgIpc) is 2.56. The van der Waals surface area contributed by atoms with E-state index in [2.05, 4.69) is 48.5 Å². The van der Waals surface area contributed by atoms with Gasteiger partial charge in [-0.3, -0.25) is 4.99 Å². The maximum atomic E-state index is 5.57. The van der Waals surface area contributed by atoms with Crippen molar-refractivity contribution < 1.29 is 9.47 Å². The minimum absolute atomic E-state index is 0. The number of aryl methyl sites for hydroxylation is 1.